The highest BCUT2D eigenvalue weighted by Crippen LogP contribution is 2.39. The maximum atomic E-state index is 13.9. The van der Waals surface area contributed by atoms with E-state index in [9.17, 15) is 24.0 Å². The number of piperazine rings is 1. The molecule has 0 radical (unpaired) electrons. The van der Waals surface area contributed by atoms with E-state index >= 15 is 0 Å². The second-order valence-electron chi connectivity index (χ2n) is 19.7. The fourth-order valence-electron chi connectivity index (χ4n) is 11.6. The Bertz CT molecular complexity index is 2810. The van der Waals surface area contributed by atoms with Gasteiger partial charge in [0.25, 0.3) is 17.7 Å². The van der Waals surface area contributed by atoms with Gasteiger partial charge in [-0.05, 0) is 125 Å². The molecule has 5 amide bonds. The van der Waals surface area contributed by atoms with Crippen molar-refractivity contribution in [3.05, 3.63) is 82.7 Å². The van der Waals surface area contributed by atoms with Gasteiger partial charge in [0.15, 0.2) is 0 Å². The summed E-state index contributed by atoms with van der Waals surface area (Å²) >= 11 is 0. The molecule has 3 unspecified atom stereocenters. The Hall–Kier alpha value is -6.46. The van der Waals surface area contributed by atoms with Crippen LogP contribution in [0.3, 0.4) is 0 Å². The summed E-state index contributed by atoms with van der Waals surface area (Å²) in [5.74, 6) is -0.0616. The topological polar surface area (TPSA) is 180 Å². The standard InChI is InChI=1S/C50H57N11O6/c1-29-5-4-18-67-49-39(23-51-56(49)3)41-21-33(19-30(2)52-41)45(63)55-50-53-40-11-6-32(20-43(40)59(50)24-29)26-57-16-14-31(15-17-57)25-58-27-35-7-8-36(28-58)60(35)34-9-10-37-38(22-34)48(66)61(47(37)65)42-12-13-44(62)54-46(42)64/h6,9-11,19-23,29,31,35-36,42H,4-5,7-8,12-18,24-28H2,1-3H3,(H,53,55,63)(H,54,62,64)/t29-,35?,36?,42?/m1/s1. The van der Waals surface area contributed by atoms with E-state index in [1.807, 2.05) is 26.1 Å². The van der Waals surface area contributed by atoms with Gasteiger partial charge in [0, 0.05) is 75.2 Å². The number of hydrogen-bond donors (Lipinski definition) is 2. The number of likely N-dealkylation sites (tertiary alicyclic amines) is 2. The van der Waals surface area contributed by atoms with Crippen LogP contribution in [0.25, 0.3) is 22.3 Å². The third-order valence-electron chi connectivity index (χ3n) is 14.9. The summed E-state index contributed by atoms with van der Waals surface area (Å²) in [6.07, 6.45) is 8.21. The van der Waals surface area contributed by atoms with Crippen molar-refractivity contribution in [2.75, 3.05) is 49.5 Å². The van der Waals surface area contributed by atoms with E-state index in [1.54, 1.807) is 29.1 Å². The normalized spacial score (nSPS) is 24.2. The van der Waals surface area contributed by atoms with Gasteiger partial charge in [-0.15, -0.1) is 0 Å². The van der Waals surface area contributed by atoms with Crippen LogP contribution in [0.4, 0.5) is 11.6 Å². The number of benzene rings is 2. The molecular weight excluding hydrogens is 851 g/mol. The van der Waals surface area contributed by atoms with E-state index in [2.05, 4.69) is 60.1 Å². The van der Waals surface area contributed by atoms with E-state index in [4.69, 9.17) is 14.7 Å². The molecule has 3 aromatic heterocycles. The minimum absolute atomic E-state index is 0.0966. The van der Waals surface area contributed by atoms with Crippen LogP contribution in [-0.2, 0) is 29.7 Å². The fourth-order valence-corrected chi connectivity index (χ4v) is 11.6. The van der Waals surface area contributed by atoms with Crippen LogP contribution >= 0.6 is 0 Å². The minimum atomic E-state index is -0.972. The Balaban J connectivity index is 0.725. The third kappa shape index (κ3) is 8.15. The molecule has 0 saturated carbocycles. The molecule has 9 heterocycles. The summed E-state index contributed by atoms with van der Waals surface area (Å²) in [7, 11) is 1.85. The molecule has 348 valence electrons. The zero-order chi connectivity index (χ0) is 46.1. The predicted molar refractivity (Wildman–Crippen MR) is 250 cm³/mol. The lowest BCUT2D eigenvalue weighted by atomic mass is 9.95. The molecular formula is C50H57N11O6. The average Bonchev–Trinajstić information content (AvgIpc) is 4.00. The van der Waals surface area contributed by atoms with Gasteiger partial charge < -0.3 is 14.2 Å². The van der Waals surface area contributed by atoms with E-state index < -0.39 is 23.8 Å². The number of carbonyl (C=O) groups excluding carboxylic acids is 5. The number of imide groups is 2. The molecule has 17 nitrogen and oxygen atoms in total. The number of carbonyl (C=O) groups is 5. The summed E-state index contributed by atoms with van der Waals surface area (Å²) in [6.45, 7) is 11.3. The van der Waals surface area contributed by atoms with Crippen molar-refractivity contribution in [2.45, 2.75) is 96.4 Å². The number of ether oxygens (including phenoxy) is 1. The number of aromatic nitrogens is 5. The summed E-state index contributed by atoms with van der Waals surface area (Å²) in [5.41, 5.74) is 7.31. The molecule has 4 saturated heterocycles. The first-order chi connectivity index (χ1) is 32.4. The van der Waals surface area contributed by atoms with Crippen LogP contribution in [0.1, 0.15) is 101 Å². The fraction of sp³-hybridized carbons (Fsp3) is 0.480. The second kappa shape index (κ2) is 17.3. The first-order valence-electron chi connectivity index (χ1n) is 24.0. The number of aryl methyl sites for hydroxylation is 2. The summed E-state index contributed by atoms with van der Waals surface area (Å²) in [4.78, 5) is 83.6. The Labute approximate surface area is 388 Å². The molecule has 67 heavy (non-hydrogen) atoms. The number of nitrogens with zero attached hydrogens (tertiary/aromatic N) is 9. The van der Waals surface area contributed by atoms with E-state index in [-0.39, 0.29) is 24.7 Å². The van der Waals surface area contributed by atoms with Gasteiger partial charge in [-0.1, -0.05) is 13.0 Å². The number of pyridine rings is 1. The summed E-state index contributed by atoms with van der Waals surface area (Å²) in [6, 6.07) is 15.3. The molecule has 2 N–H and O–H groups in total. The van der Waals surface area contributed by atoms with Crippen molar-refractivity contribution < 1.29 is 28.7 Å². The van der Waals surface area contributed by atoms with Crippen molar-refractivity contribution >= 4 is 52.2 Å². The third-order valence-corrected chi connectivity index (χ3v) is 14.9. The largest absolute Gasteiger partial charge is 0.477 e. The number of imidazole rings is 1. The van der Waals surface area contributed by atoms with Gasteiger partial charge in [-0.3, -0.25) is 54.3 Å². The maximum absolute atomic E-state index is 13.9. The van der Waals surface area contributed by atoms with Crippen molar-refractivity contribution in [3.8, 4) is 17.1 Å². The summed E-state index contributed by atoms with van der Waals surface area (Å²) < 4.78 is 10.2. The highest BCUT2D eigenvalue weighted by molar-refractivity contribution is 6.23. The lowest BCUT2D eigenvalue weighted by Gasteiger charge is -2.44. The lowest BCUT2D eigenvalue weighted by molar-refractivity contribution is -0.136. The Morgan fingerprint density at radius 2 is 1.58 bits per heavy atom. The van der Waals surface area contributed by atoms with Crippen LogP contribution in [0.15, 0.2) is 54.7 Å². The van der Waals surface area contributed by atoms with Gasteiger partial charge in [-0.25, -0.2) is 9.67 Å². The Kier molecular flexibility index (Phi) is 11.1. The first-order valence-corrected chi connectivity index (χ1v) is 24.0. The monoisotopic (exact) mass is 907 g/mol. The number of amides is 5. The number of anilines is 2. The maximum Gasteiger partial charge on any atom is 0.262 e. The second-order valence-corrected chi connectivity index (χ2v) is 19.7. The number of hydrogen-bond acceptors (Lipinski definition) is 12. The van der Waals surface area contributed by atoms with Crippen molar-refractivity contribution in [2.24, 2.45) is 18.9 Å². The van der Waals surface area contributed by atoms with Crippen LogP contribution in [0.2, 0.25) is 0 Å². The molecule has 2 aromatic carbocycles. The van der Waals surface area contributed by atoms with Crippen LogP contribution in [0, 0.1) is 18.8 Å². The zero-order valence-electron chi connectivity index (χ0n) is 38.4. The van der Waals surface area contributed by atoms with Crippen LogP contribution < -0.4 is 20.3 Å². The number of fused-ring (bicyclic) bond motifs is 10. The molecule has 4 fully saturated rings. The Morgan fingerprint density at radius 1 is 0.791 bits per heavy atom. The van der Waals surface area contributed by atoms with Crippen LogP contribution in [-0.4, -0.2) is 126 Å². The molecule has 0 aliphatic carbocycles. The van der Waals surface area contributed by atoms with Crippen molar-refractivity contribution in [1.29, 1.82) is 0 Å². The van der Waals surface area contributed by atoms with Gasteiger partial charge >= 0.3 is 0 Å². The number of rotatable bonds is 6. The molecule has 17 heteroatoms. The Morgan fingerprint density at radius 3 is 2.37 bits per heavy atom. The van der Waals surface area contributed by atoms with Crippen molar-refractivity contribution in [3.63, 3.8) is 0 Å². The van der Waals surface area contributed by atoms with E-state index in [1.165, 1.54) is 5.56 Å². The van der Waals surface area contributed by atoms with Gasteiger partial charge in [0.05, 0.1) is 46.2 Å². The summed E-state index contributed by atoms with van der Waals surface area (Å²) in [5, 5.41) is 9.86. The quantitative estimate of drug-likeness (QED) is 0.214. The van der Waals surface area contributed by atoms with Gasteiger partial charge in [-0.2, -0.15) is 5.10 Å². The smallest absolute Gasteiger partial charge is 0.262 e. The SMILES string of the molecule is Cc1cc2cc(n1)-c1cnn(C)c1OCCC[C@@H](C)Cn1c(nc3ccc(CN4CCC(CN5CC6CCC(C5)N6c5ccc6c(c5)C(=O)N(C5CCC(=O)NC5=O)C6=O)CC4)cc31)NC2=O. The molecule has 5 aromatic rings. The number of nitrogens with one attached hydrogen (secondary N) is 2. The van der Waals surface area contributed by atoms with Gasteiger partial charge in [0.2, 0.25) is 23.6 Å². The van der Waals surface area contributed by atoms with Crippen molar-refractivity contribution in [1.82, 2.24) is 44.3 Å². The van der Waals surface area contributed by atoms with E-state index in [0.717, 1.165) is 111 Å². The van der Waals surface area contributed by atoms with Crippen LogP contribution in [0.5, 0.6) is 5.88 Å². The van der Waals surface area contributed by atoms with Gasteiger partial charge in [0.1, 0.15) is 6.04 Å². The lowest BCUT2D eigenvalue weighted by Crippen LogP contribution is -2.55. The molecule has 6 aliphatic rings. The minimum Gasteiger partial charge on any atom is -0.477 e. The number of piperidine rings is 2. The average molecular weight is 908 g/mol. The first kappa shape index (κ1) is 43.1. The van der Waals surface area contributed by atoms with E-state index in [0.29, 0.717) is 71.3 Å². The molecule has 4 bridgehead atoms. The molecule has 6 aliphatic heterocycles. The molecule has 4 atom stereocenters. The molecule has 11 rings (SSSR count). The zero-order valence-corrected chi connectivity index (χ0v) is 38.4. The predicted octanol–water partition coefficient (Wildman–Crippen LogP) is 5.17. The molecule has 0 spiro atoms. The highest BCUT2D eigenvalue weighted by atomic mass is 16.5. The highest BCUT2D eigenvalue weighted by Gasteiger charge is 2.46.